The Morgan fingerprint density at radius 1 is 1.38 bits per heavy atom. The first-order chi connectivity index (χ1) is 7.28. The van der Waals surface area contributed by atoms with Crippen molar-refractivity contribution in [1.29, 1.82) is 0 Å². The van der Waals surface area contributed by atoms with Crippen LogP contribution in [-0.2, 0) is 4.79 Å². The number of hydrogen-bond donors (Lipinski definition) is 0. The van der Waals surface area contributed by atoms with Crippen LogP contribution < -0.4 is 0 Å². The van der Waals surface area contributed by atoms with Crippen molar-refractivity contribution in [3.05, 3.63) is 0 Å². The molecular weight excluding hydrogens is 258 g/mol. The van der Waals surface area contributed by atoms with Gasteiger partial charge in [-0.25, -0.2) is 0 Å². The van der Waals surface area contributed by atoms with E-state index in [-0.39, 0.29) is 10.7 Å². The number of thiocarbonyl (C=S) groups is 1. The van der Waals surface area contributed by atoms with Gasteiger partial charge in [0.2, 0.25) is 5.91 Å². The molecule has 0 aromatic rings. The normalized spacial score (nSPS) is 11.3. The van der Waals surface area contributed by atoms with Crippen LogP contribution in [0.15, 0.2) is 0 Å². The Morgan fingerprint density at radius 3 is 2.38 bits per heavy atom. The zero-order valence-electron chi connectivity index (χ0n) is 10.7. The van der Waals surface area contributed by atoms with E-state index in [4.69, 9.17) is 12.2 Å². The van der Waals surface area contributed by atoms with E-state index in [1.54, 1.807) is 42.5 Å². The molecule has 2 nitrogen and oxygen atoms in total. The maximum Gasteiger partial charge on any atom is 0.223 e. The molecule has 0 N–H and O–H groups in total. The summed E-state index contributed by atoms with van der Waals surface area (Å²) in [6, 6.07) is 0. The Balaban J connectivity index is 4.13. The molecule has 0 atom stereocenters. The molecule has 0 rings (SSSR count). The van der Waals surface area contributed by atoms with E-state index in [0.717, 1.165) is 15.7 Å². The average molecular weight is 279 g/mol. The molecule has 0 saturated carbocycles. The summed E-state index contributed by atoms with van der Waals surface area (Å²) in [5.74, 6) is 1.21. The molecule has 0 unspecified atom stereocenters. The summed E-state index contributed by atoms with van der Waals surface area (Å²) in [5.41, 5.74) is 0. The Morgan fingerprint density at radius 2 is 1.94 bits per heavy atom. The number of hydrogen-bond acceptors (Lipinski definition) is 4. The van der Waals surface area contributed by atoms with Crippen LogP contribution in [0.4, 0.5) is 0 Å². The summed E-state index contributed by atoms with van der Waals surface area (Å²) in [4.78, 5) is 13.2. The second-order valence-electron chi connectivity index (χ2n) is 4.43. The third-order valence-corrected chi connectivity index (χ3v) is 4.78. The predicted molar refractivity (Wildman–Crippen MR) is 80.3 cm³/mol. The van der Waals surface area contributed by atoms with Gasteiger partial charge in [0.15, 0.2) is 0 Å². The van der Waals surface area contributed by atoms with Gasteiger partial charge in [-0.1, -0.05) is 19.1 Å². The largest absolute Gasteiger partial charge is 0.349 e. The van der Waals surface area contributed by atoms with Crippen LogP contribution in [0.5, 0.6) is 0 Å². The highest BCUT2D eigenvalue weighted by atomic mass is 32.2. The molecule has 94 valence electrons. The Hall–Kier alpha value is 0.260. The van der Waals surface area contributed by atoms with E-state index < -0.39 is 0 Å². The predicted octanol–water partition coefficient (Wildman–Crippen LogP) is 3.40. The first-order valence-corrected chi connectivity index (χ1v) is 7.55. The highest BCUT2D eigenvalue weighted by Gasteiger charge is 2.25. The smallest absolute Gasteiger partial charge is 0.223 e. The SMILES string of the molecule is CCCSC(=S)SC(C)(C)CC(=O)N(C)C. The molecular formula is C11H21NOS3. The maximum atomic E-state index is 11.6. The molecule has 0 fully saturated rings. The lowest BCUT2D eigenvalue weighted by atomic mass is 10.1. The van der Waals surface area contributed by atoms with Gasteiger partial charge < -0.3 is 4.90 Å². The summed E-state index contributed by atoms with van der Waals surface area (Å²) in [7, 11) is 3.57. The fourth-order valence-corrected chi connectivity index (χ4v) is 4.11. The molecule has 0 radical (unpaired) electrons. The van der Waals surface area contributed by atoms with Gasteiger partial charge in [0.25, 0.3) is 0 Å². The molecule has 0 aromatic carbocycles. The van der Waals surface area contributed by atoms with Crippen LogP contribution in [-0.4, -0.2) is 38.9 Å². The van der Waals surface area contributed by atoms with Crippen LogP contribution in [0.1, 0.15) is 33.6 Å². The lowest BCUT2D eigenvalue weighted by molar-refractivity contribution is -0.129. The molecule has 0 aliphatic rings. The van der Waals surface area contributed by atoms with E-state index in [1.807, 2.05) is 0 Å². The maximum absolute atomic E-state index is 11.6. The standard InChI is InChI=1S/C11H21NOS3/c1-6-7-15-10(14)16-11(2,3)8-9(13)12(4)5/h6-8H2,1-5H3. The Bertz CT molecular complexity index is 252. The Labute approximate surface area is 113 Å². The molecule has 0 heterocycles. The third kappa shape index (κ3) is 7.52. The summed E-state index contributed by atoms with van der Waals surface area (Å²) >= 11 is 8.63. The van der Waals surface area contributed by atoms with Gasteiger partial charge in [-0.05, 0) is 26.0 Å². The summed E-state index contributed by atoms with van der Waals surface area (Å²) in [6.07, 6.45) is 1.65. The van der Waals surface area contributed by atoms with Gasteiger partial charge in [-0.2, -0.15) is 0 Å². The fraction of sp³-hybridized carbons (Fsp3) is 0.818. The second kappa shape index (κ2) is 7.56. The summed E-state index contributed by atoms with van der Waals surface area (Å²) in [6.45, 7) is 6.27. The van der Waals surface area contributed by atoms with Crippen molar-refractivity contribution < 1.29 is 4.79 Å². The lowest BCUT2D eigenvalue weighted by Crippen LogP contribution is -2.30. The molecule has 5 heteroatoms. The van der Waals surface area contributed by atoms with Crippen molar-refractivity contribution in [1.82, 2.24) is 4.90 Å². The highest BCUT2D eigenvalue weighted by molar-refractivity contribution is 8.47. The van der Waals surface area contributed by atoms with Crippen LogP contribution in [0, 0.1) is 0 Å². The zero-order chi connectivity index (χ0) is 12.8. The van der Waals surface area contributed by atoms with Gasteiger partial charge >= 0.3 is 0 Å². The summed E-state index contributed by atoms with van der Waals surface area (Å²) in [5, 5.41) is 0. The van der Waals surface area contributed by atoms with Crippen molar-refractivity contribution in [3.63, 3.8) is 0 Å². The molecule has 1 amide bonds. The molecule has 0 saturated heterocycles. The molecule has 0 aliphatic heterocycles. The van der Waals surface area contributed by atoms with E-state index >= 15 is 0 Å². The third-order valence-electron chi connectivity index (χ3n) is 1.86. The van der Waals surface area contributed by atoms with Gasteiger partial charge in [0.05, 0.1) is 0 Å². The summed E-state index contributed by atoms with van der Waals surface area (Å²) < 4.78 is 0.831. The number of amides is 1. The molecule has 0 aliphatic carbocycles. The first-order valence-electron chi connectivity index (χ1n) is 5.34. The van der Waals surface area contributed by atoms with Crippen molar-refractivity contribution in [2.24, 2.45) is 0 Å². The number of thioether (sulfide) groups is 2. The minimum atomic E-state index is -0.112. The van der Waals surface area contributed by atoms with Crippen LogP contribution in [0.2, 0.25) is 0 Å². The van der Waals surface area contributed by atoms with E-state index in [9.17, 15) is 4.79 Å². The van der Waals surface area contributed by atoms with E-state index in [1.165, 1.54) is 0 Å². The minimum absolute atomic E-state index is 0.112. The van der Waals surface area contributed by atoms with Crippen LogP contribution in [0.3, 0.4) is 0 Å². The van der Waals surface area contributed by atoms with Crippen molar-refractivity contribution in [2.45, 2.75) is 38.4 Å². The minimum Gasteiger partial charge on any atom is -0.349 e. The van der Waals surface area contributed by atoms with E-state index in [2.05, 4.69) is 20.8 Å². The second-order valence-corrected chi connectivity index (χ2v) is 8.43. The number of rotatable bonds is 5. The lowest BCUT2D eigenvalue weighted by Gasteiger charge is -2.25. The Kier molecular flexibility index (Phi) is 7.68. The van der Waals surface area contributed by atoms with Crippen molar-refractivity contribution >= 4 is 45.2 Å². The number of nitrogens with zero attached hydrogens (tertiary/aromatic N) is 1. The molecule has 0 bridgehead atoms. The first kappa shape index (κ1) is 16.3. The van der Waals surface area contributed by atoms with Crippen LogP contribution in [0.25, 0.3) is 0 Å². The van der Waals surface area contributed by atoms with Crippen molar-refractivity contribution in [2.75, 3.05) is 19.8 Å². The monoisotopic (exact) mass is 279 g/mol. The average Bonchev–Trinajstić information content (AvgIpc) is 2.12. The highest BCUT2D eigenvalue weighted by Crippen LogP contribution is 2.33. The number of carbonyl (C=O) groups excluding carboxylic acids is 1. The number of carbonyl (C=O) groups is 1. The van der Waals surface area contributed by atoms with E-state index in [0.29, 0.717) is 6.42 Å². The molecule has 0 spiro atoms. The topological polar surface area (TPSA) is 20.3 Å². The van der Waals surface area contributed by atoms with Gasteiger partial charge in [-0.3, -0.25) is 4.79 Å². The molecule has 0 aromatic heterocycles. The molecule has 16 heavy (non-hydrogen) atoms. The van der Waals surface area contributed by atoms with Gasteiger partial charge in [0.1, 0.15) is 3.53 Å². The van der Waals surface area contributed by atoms with Gasteiger partial charge in [0, 0.05) is 25.3 Å². The van der Waals surface area contributed by atoms with Gasteiger partial charge in [-0.15, -0.1) is 23.5 Å². The van der Waals surface area contributed by atoms with Crippen molar-refractivity contribution in [3.8, 4) is 0 Å². The fourth-order valence-electron chi connectivity index (χ4n) is 0.999. The van der Waals surface area contributed by atoms with Crippen LogP contribution >= 0.6 is 35.7 Å². The quantitative estimate of drug-likeness (QED) is 0.718. The zero-order valence-corrected chi connectivity index (χ0v) is 13.2.